The summed E-state index contributed by atoms with van der Waals surface area (Å²) in [6, 6.07) is 19.0. The molecule has 0 saturated heterocycles. The van der Waals surface area contributed by atoms with Crippen LogP contribution in [0, 0.1) is 0 Å². The number of nitrogens with zero attached hydrogens (tertiary/aromatic N) is 1. The molecule has 152 valence electrons. The number of hydrogen-bond donors (Lipinski definition) is 0. The van der Waals surface area contributed by atoms with Gasteiger partial charge in [-0.25, -0.2) is 0 Å². The van der Waals surface area contributed by atoms with E-state index < -0.39 is 0 Å². The lowest BCUT2D eigenvalue weighted by molar-refractivity contribution is 0.415. The van der Waals surface area contributed by atoms with Gasteiger partial charge in [0, 0.05) is 18.8 Å². The summed E-state index contributed by atoms with van der Waals surface area (Å²) in [5, 5.41) is 0. The van der Waals surface area contributed by atoms with Crippen molar-refractivity contribution in [3.05, 3.63) is 66.2 Å². The third kappa shape index (κ3) is 8.65. The topological polar surface area (TPSA) is 12.5 Å². The van der Waals surface area contributed by atoms with Crippen molar-refractivity contribution in [1.29, 1.82) is 0 Å². The lowest BCUT2D eigenvalue weighted by Crippen LogP contribution is -2.24. The number of unbranched alkanes of at least 4 members (excludes halogenated alkanes) is 7. The standard InChI is InChI=1S/C26H37NO/c1-3-4-5-6-7-8-9-13-22-27(25-18-20-26(28-2)21-19-25)23-14-17-24-15-11-10-12-16-24/h10-12,14-21H,3-9,13,22-23H2,1-2H3/b17-14+. The Bertz CT molecular complexity index is 648. The minimum absolute atomic E-state index is 0.913. The van der Waals surface area contributed by atoms with Crippen LogP contribution in [0.2, 0.25) is 0 Å². The molecule has 2 heteroatoms. The second-order valence-electron chi connectivity index (χ2n) is 7.43. The van der Waals surface area contributed by atoms with Gasteiger partial charge in [0.15, 0.2) is 0 Å². The summed E-state index contributed by atoms with van der Waals surface area (Å²) in [5.41, 5.74) is 2.52. The summed E-state index contributed by atoms with van der Waals surface area (Å²) in [4.78, 5) is 2.47. The predicted octanol–water partition coefficient (Wildman–Crippen LogP) is 7.36. The van der Waals surface area contributed by atoms with Gasteiger partial charge >= 0.3 is 0 Å². The van der Waals surface area contributed by atoms with E-state index in [1.807, 2.05) is 0 Å². The van der Waals surface area contributed by atoms with Crippen molar-refractivity contribution in [3.8, 4) is 5.75 Å². The number of rotatable bonds is 14. The zero-order valence-electron chi connectivity index (χ0n) is 17.8. The van der Waals surface area contributed by atoms with E-state index in [1.165, 1.54) is 62.6 Å². The highest BCUT2D eigenvalue weighted by Gasteiger charge is 2.05. The molecule has 0 unspecified atom stereocenters. The molecule has 0 amide bonds. The van der Waals surface area contributed by atoms with Gasteiger partial charge in [-0.2, -0.15) is 0 Å². The fourth-order valence-electron chi connectivity index (χ4n) is 3.44. The average Bonchev–Trinajstić information content (AvgIpc) is 2.75. The van der Waals surface area contributed by atoms with Gasteiger partial charge in [0.1, 0.15) is 5.75 Å². The minimum Gasteiger partial charge on any atom is -0.497 e. The second-order valence-corrected chi connectivity index (χ2v) is 7.43. The lowest BCUT2D eigenvalue weighted by atomic mass is 10.1. The SMILES string of the molecule is CCCCCCCCCCN(C/C=C/c1ccccc1)c1ccc(OC)cc1. The Labute approximate surface area is 172 Å². The number of hydrogen-bond acceptors (Lipinski definition) is 2. The molecule has 0 radical (unpaired) electrons. The third-order valence-electron chi connectivity index (χ3n) is 5.15. The van der Waals surface area contributed by atoms with Gasteiger partial charge in [-0.15, -0.1) is 0 Å². The van der Waals surface area contributed by atoms with Crippen LogP contribution in [-0.4, -0.2) is 20.2 Å². The Balaban J connectivity index is 1.84. The molecule has 0 saturated carbocycles. The molecule has 0 fully saturated rings. The summed E-state index contributed by atoms with van der Waals surface area (Å²) in [6.07, 6.45) is 15.3. The molecule has 2 rings (SSSR count). The van der Waals surface area contributed by atoms with E-state index in [4.69, 9.17) is 4.74 Å². The van der Waals surface area contributed by atoms with E-state index in [0.29, 0.717) is 0 Å². The van der Waals surface area contributed by atoms with Crippen LogP contribution in [0.3, 0.4) is 0 Å². The molecule has 0 bridgehead atoms. The van der Waals surface area contributed by atoms with Crippen LogP contribution in [0.25, 0.3) is 6.08 Å². The molecule has 0 N–H and O–H groups in total. The van der Waals surface area contributed by atoms with Crippen molar-refractivity contribution in [2.24, 2.45) is 0 Å². The molecule has 0 atom stereocenters. The molecule has 0 aliphatic carbocycles. The van der Waals surface area contributed by atoms with Crippen LogP contribution in [0.5, 0.6) is 5.75 Å². The molecular weight excluding hydrogens is 342 g/mol. The molecular formula is C26H37NO. The van der Waals surface area contributed by atoms with Crippen molar-refractivity contribution in [2.75, 3.05) is 25.1 Å². The summed E-state index contributed by atoms with van der Waals surface area (Å²) in [7, 11) is 1.72. The average molecular weight is 380 g/mol. The van der Waals surface area contributed by atoms with Gasteiger partial charge in [0.2, 0.25) is 0 Å². The number of benzene rings is 2. The maximum absolute atomic E-state index is 5.31. The van der Waals surface area contributed by atoms with Crippen LogP contribution >= 0.6 is 0 Å². The second kappa shape index (κ2) is 13.9. The quantitative estimate of drug-likeness (QED) is 0.318. The Morgan fingerprint density at radius 3 is 2.07 bits per heavy atom. The first-order chi connectivity index (χ1) is 13.8. The number of ether oxygens (including phenoxy) is 1. The molecule has 28 heavy (non-hydrogen) atoms. The van der Waals surface area contributed by atoms with Crippen LogP contribution in [0.4, 0.5) is 5.69 Å². The van der Waals surface area contributed by atoms with E-state index >= 15 is 0 Å². The van der Waals surface area contributed by atoms with Crippen LogP contribution in [-0.2, 0) is 0 Å². The van der Waals surface area contributed by atoms with E-state index in [9.17, 15) is 0 Å². The smallest absolute Gasteiger partial charge is 0.119 e. The third-order valence-corrected chi connectivity index (χ3v) is 5.15. The lowest BCUT2D eigenvalue weighted by Gasteiger charge is -2.24. The summed E-state index contributed by atoms with van der Waals surface area (Å²) >= 11 is 0. The molecule has 2 aromatic carbocycles. The highest BCUT2D eigenvalue weighted by Crippen LogP contribution is 2.20. The Morgan fingerprint density at radius 2 is 1.43 bits per heavy atom. The molecule has 2 nitrogen and oxygen atoms in total. The van der Waals surface area contributed by atoms with Gasteiger partial charge in [0.05, 0.1) is 7.11 Å². The van der Waals surface area contributed by atoms with Crippen LogP contribution in [0.15, 0.2) is 60.7 Å². The zero-order chi connectivity index (χ0) is 19.9. The maximum atomic E-state index is 5.31. The fraction of sp³-hybridized carbons (Fsp3) is 0.462. The summed E-state index contributed by atoms with van der Waals surface area (Å²) in [6.45, 7) is 4.30. The summed E-state index contributed by atoms with van der Waals surface area (Å²) in [5.74, 6) is 0.913. The van der Waals surface area contributed by atoms with Crippen molar-refractivity contribution < 1.29 is 4.74 Å². The largest absolute Gasteiger partial charge is 0.497 e. The monoisotopic (exact) mass is 379 g/mol. The molecule has 0 heterocycles. The first-order valence-electron chi connectivity index (χ1n) is 10.9. The molecule has 0 aliphatic heterocycles. The molecule has 2 aromatic rings. The number of methoxy groups -OCH3 is 1. The first kappa shape index (κ1) is 22.1. The number of anilines is 1. The highest BCUT2D eigenvalue weighted by atomic mass is 16.5. The van der Waals surface area contributed by atoms with Crippen molar-refractivity contribution in [1.82, 2.24) is 0 Å². The van der Waals surface area contributed by atoms with Gasteiger partial charge in [-0.3, -0.25) is 0 Å². The normalized spacial score (nSPS) is 11.1. The molecule has 0 aliphatic rings. The van der Waals surface area contributed by atoms with Crippen molar-refractivity contribution in [3.63, 3.8) is 0 Å². The van der Waals surface area contributed by atoms with Gasteiger partial charge in [0.25, 0.3) is 0 Å². The van der Waals surface area contributed by atoms with Crippen molar-refractivity contribution in [2.45, 2.75) is 58.3 Å². The minimum atomic E-state index is 0.913. The van der Waals surface area contributed by atoms with E-state index in [1.54, 1.807) is 7.11 Å². The molecule has 0 spiro atoms. The van der Waals surface area contributed by atoms with Gasteiger partial charge in [-0.05, 0) is 36.2 Å². The first-order valence-corrected chi connectivity index (χ1v) is 10.9. The maximum Gasteiger partial charge on any atom is 0.119 e. The Kier molecular flexibility index (Phi) is 10.9. The van der Waals surface area contributed by atoms with Crippen LogP contribution < -0.4 is 9.64 Å². The van der Waals surface area contributed by atoms with Crippen molar-refractivity contribution >= 4 is 11.8 Å². The van der Waals surface area contributed by atoms with Crippen LogP contribution in [0.1, 0.15) is 63.9 Å². The Hall–Kier alpha value is -2.22. The fourth-order valence-corrected chi connectivity index (χ4v) is 3.44. The van der Waals surface area contributed by atoms with Gasteiger partial charge < -0.3 is 9.64 Å². The Morgan fingerprint density at radius 1 is 0.786 bits per heavy atom. The van der Waals surface area contributed by atoms with E-state index in [-0.39, 0.29) is 0 Å². The highest BCUT2D eigenvalue weighted by molar-refractivity contribution is 5.53. The predicted molar refractivity (Wildman–Crippen MR) is 123 cm³/mol. The van der Waals surface area contributed by atoms with Gasteiger partial charge in [-0.1, -0.05) is 94.4 Å². The zero-order valence-corrected chi connectivity index (χ0v) is 17.8. The summed E-state index contributed by atoms with van der Waals surface area (Å²) < 4.78 is 5.31. The molecule has 0 aromatic heterocycles. The van der Waals surface area contributed by atoms with E-state index in [0.717, 1.165) is 18.8 Å². The van der Waals surface area contributed by atoms with E-state index in [2.05, 4.69) is 78.6 Å².